The van der Waals surface area contributed by atoms with E-state index in [2.05, 4.69) is 50.3 Å². The Bertz CT molecular complexity index is 1430. The largest absolute Gasteiger partial charge is 0.457 e. The molecule has 0 spiro atoms. The highest BCUT2D eigenvalue weighted by Crippen LogP contribution is 2.27. The molecule has 2 fully saturated rings. The van der Waals surface area contributed by atoms with Crippen molar-refractivity contribution in [2.45, 2.75) is 332 Å². The number of carbonyl (C=O) groups excluding carboxylic acids is 1. The third kappa shape index (κ3) is 36.6. The molecular formula is C64H118O14. The predicted octanol–water partition coefficient (Wildman–Crippen LogP) is 12.5. The Morgan fingerprint density at radius 1 is 0.423 bits per heavy atom. The molecule has 2 heterocycles. The summed E-state index contributed by atoms with van der Waals surface area (Å²) in [6.45, 7) is 3.69. The molecule has 2 aliphatic heterocycles. The number of aliphatic hydroxyl groups is 7. The van der Waals surface area contributed by atoms with Crippen molar-refractivity contribution in [2.24, 2.45) is 0 Å². The first-order chi connectivity index (χ1) is 38.1. The van der Waals surface area contributed by atoms with Gasteiger partial charge in [-0.2, -0.15) is 0 Å². The first kappa shape index (κ1) is 72.3. The van der Waals surface area contributed by atoms with Crippen LogP contribution in [0.1, 0.15) is 264 Å². The number of hydrogen-bond acceptors (Lipinski definition) is 14. The van der Waals surface area contributed by atoms with Gasteiger partial charge in [-0.05, 0) is 51.4 Å². The first-order valence-electron chi connectivity index (χ1n) is 32.1. The number of aliphatic hydroxyl groups excluding tert-OH is 7. The predicted molar refractivity (Wildman–Crippen MR) is 312 cm³/mol. The molecule has 0 aromatic rings. The number of unbranched alkanes of at least 4 members (excludes halogenated alkanes) is 33. The molecule has 14 heteroatoms. The SMILES string of the molecule is CCCCC/C=C\C/C=C\C/C=C\CCCCCCCCCOCC(COC1OC(COC2OC(CO)C(O)C(O)C2O)C(O)C(O)C1O)OC(=O)CCCCCCCCCCCCCCCCCCCCCCCCCC. The van der Waals surface area contributed by atoms with Crippen LogP contribution >= 0.6 is 0 Å². The monoisotopic (exact) mass is 1110 g/mol. The van der Waals surface area contributed by atoms with Crippen molar-refractivity contribution in [3.05, 3.63) is 36.5 Å². The van der Waals surface area contributed by atoms with Crippen LogP contribution in [-0.4, -0.2) is 142 Å². The van der Waals surface area contributed by atoms with Crippen molar-refractivity contribution < 1.29 is 69.0 Å². The molecule has 78 heavy (non-hydrogen) atoms. The molecule has 0 aromatic carbocycles. The number of hydrogen-bond donors (Lipinski definition) is 7. The molecule has 14 nitrogen and oxygen atoms in total. The van der Waals surface area contributed by atoms with Crippen LogP contribution in [0.3, 0.4) is 0 Å². The van der Waals surface area contributed by atoms with Crippen LogP contribution in [0.15, 0.2) is 36.5 Å². The normalized spacial score (nSPS) is 24.3. The second-order valence-electron chi connectivity index (χ2n) is 22.6. The molecule has 458 valence electrons. The Balaban J connectivity index is 1.67. The van der Waals surface area contributed by atoms with E-state index in [4.69, 9.17) is 28.4 Å². The summed E-state index contributed by atoms with van der Waals surface area (Å²) in [5.74, 6) is -0.374. The molecular weight excluding hydrogens is 993 g/mol. The van der Waals surface area contributed by atoms with Gasteiger partial charge in [0.2, 0.25) is 0 Å². The highest BCUT2D eigenvalue weighted by atomic mass is 16.7. The maximum Gasteiger partial charge on any atom is 0.306 e. The van der Waals surface area contributed by atoms with E-state index in [1.165, 1.54) is 180 Å². The van der Waals surface area contributed by atoms with E-state index in [9.17, 15) is 40.5 Å². The van der Waals surface area contributed by atoms with Gasteiger partial charge in [0.25, 0.3) is 0 Å². The molecule has 0 bridgehead atoms. The van der Waals surface area contributed by atoms with Crippen molar-refractivity contribution >= 4 is 5.97 Å². The van der Waals surface area contributed by atoms with Crippen LogP contribution < -0.4 is 0 Å². The van der Waals surface area contributed by atoms with Crippen LogP contribution in [0.5, 0.6) is 0 Å². The minimum absolute atomic E-state index is 0.0578. The molecule has 0 aliphatic carbocycles. The summed E-state index contributed by atoms with van der Waals surface area (Å²) >= 11 is 0. The van der Waals surface area contributed by atoms with Crippen LogP contribution in [0.2, 0.25) is 0 Å². The zero-order chi connectivity index (χ0) is 56.5. The standard InChI is InChI=1S/C64H118O14/c1-3-5-7-9-11-13-15-17-19-21-23-25-26-27-28-29-31-33-35-37-39-41-43-45-47-56(66)76-53(50-73-48-46-44-42-40-38-36-34-32-30-24-22-20-18-16-14-12-10-8-6-4-2)51-74-63-62(72)60(70)58(68)55(78-63)52-75-64-61(71)59(69)57(67)54(49-65)77-64/h12,14,18,20,24,30,53-55,57-65,67-72H,3-11,13,15-17,19,21-23,25-29,31-52H2,1-2H3/b14-12-,20-18-,30-24-. The minimum atomic E-state index is -1.71. The van der Waals surface area contributed by atoms with E-state index in [1.54, 1.807) is 0 Å². The summed E-state index contributed by atoms with van der Waals surface area (Å²) in [7, 11) is 0. The van der Waals surface area contributed by atoms with Crippen LogP contribution in [0.4, 0.5) is 0 Å². The molecule has 0 radical (unpaired) electrons. The number of carbonyl (C=O) groups is 1. The Morgan fingerprint density at radius 2 is 0.795 bits per heavy atom. The Kier molecular flexibility index (Phi) is 47.2. The molecule has 11 atom stereocenters. The average molecular weight is 1110 g/mol. The zero-order valence-electron chi connectivity index (χ0n) is 49.4. The third-order valence-electron chi connectivity index (χ3n) is 15.4. The van der Waals surface area contributed by atoms with E-state index in [0.717, 1.165) is 57.8 Å². The van der Waals surface area contributed by atoms with Crippen molar-refractivity contribution in [3.63, 3.8) is 0 Å². The number of ether oxygens (including phenoxy) is 6. The van der Waals surface area contributed by atoms with E-state index < -0.39 is 80.7 Å². The maximum absolute atomic E-state index is 13.1. The second kappa shape index (κ2) is 50.9. The first-order valence-corrected chi connectivity index (χ1v) is 32.1. The van der Waals surface area contributed by atoms with E-state index in [1.807, 2.05) is 0 Å². The van der Waals surface area contributed by atoms with Crippen molar-refractivity contribution in [2.75, 3.05) is 33.0 Å². The van der Waals surface area contributed by atoms with Crippen LogP contribution in [-0.2, 0) is 33.2 Å². The van der Waals surface area contributed by atoms with Gasteiger partial charge in [0.05, 0.1) is 26.4 Å². The van der Waals surface area contributed by atoms with Gasteiger partial charge in [-0.15, -0.1) is 0 Å². The van der Waals surface area contributed by atoms with Gasteiger partial charge in [0, 0.05) is 13.0 Å². The summed E-state index contributed by atoms with van der Waals surface area (Å²) in [5, 5.41) is 72.5. The summed E-state index contributed by atoms with van der Waals surface area (Å²) in [6, 6.07) is 0. The van der Waals surface area contributed by atoms with Gasteiger partial charge < -0.3 is 64.2 Å². The third-order valence-corrected chi connectivity index (χ3v) is 15.4. The smallest absolute Gasteiger partial charge is 0.306 e. The second-order valence-corrected chi connectivity index (χ2v) is 22.6. The Labute approximate surface area is 474 Å². The zero-order valence-corrected chi connectivity index (χ0v) is 49.4. The van der Waals surface area contributed by atoms with Gasteiger partial charge in [-0.3, -0.25) is 4.79 Å². The molecule has 2 aliphatic rings. The minimum Gasteiger partial charge on any atom is -0.457 e. The van der Waals surface area contributed by atoms with Gasteiger partial charge >= 0.3 is 5.97 Å². The van der Waals surface area contributed by atoms with Gasteiger partial charge in [-0.1, -0.05) is 243 Å². The molecule has 2 rings (SSSR count). The fourth-order valence-electron chi connectivity index (χ4n) is 10.2. The Morgan fingerprint density at radius 3 is 1.27 bits per heavy atom. The van der Waals surface area contributed by atoms with Gasteiger partial charge in [0.1, 0.15) is 54.9 Å². The van der Waals surface area contributed by atoms with E-state index in [0.29, 0.717) is 13.0 Å². The topological polar surface area (TPSA) is 214 Å². The average Bonchev–Trinajstić information content (AvgIpc) is 3.45. The summed E-state index contributed by atoms with van der Waals surface area (Å²) < 4.78 is 34.5. The van der Waals surface area contributed by atoms with Crippen molar-refractivity contribution in [3.8, 4) is 0 Å². The molecule has 7 N–H and O–H groups in total. The number of rotatable bonds is 53. The lowest BCUT2D eigenvalue weighted by molar-refractivity contribution is -0.332. The molecule has 0 amide bonds. The quantitative estimate of drug-likeness (QED) is 0.0172. The lowest BCUT2D eigenvalue weighted by Gasteiger charge is -2.42. The highest BCUT2D eigenvalue weighted by Gasteiger charge is 2.47. The van der Waals surface area contributed by atoms with E-state index in [-0.39, 0.29) is 25.6 Å². The van der Waals surface area contributed by atoms with Crippen LogP contribution in [0.25, 0.3) is 0 Å². The fraction of sp³-hybridized carbons (Fsp3) is 0.891. The lowest BCUT2D eigenvalue weighted by Crippen LogP contribution is -2.61. The molecule has 11 unspecified atom stereocenters. The van der Waals surface area contributed by atoms with Crippen molar-refractivity contribution in [1.82, 2.24) is 0 Å². The molecule has 2 saturated heterocycles. The molecule has 0 saturated carbocycles. The summed E-state index contributed by atoms with van der Waals surface area (Å²) in [4.78, 5) is 13.1. The number of esters is 1. The van der Waals surface area contributed by atoms with Gasteiger partial charge in [-0.25, -0.2) is 0 Å². The molecule has 0 aromatic heterocycles. The van der Waals surface area contributed by atoms with Gasteiger partial charge in [0.15, 0.2) is 12.6 Å². The lowest BCUT2D eigenvalue weighted by atomic mass is 9.98. The van der Waals surface area contributed by atoms with Crippen molar-refractivity contribution in [1.29, 1.82) is 0 Å². The highest BCUT2D eigenvalue weighted by molar-refractivity contribution is 5.69. The maximum atomic E-state index is 13.1. The Hall–Kier alpha value is -1.79. The van der Waals surface area contributed by atoms with Crippen LogP contribution in [0, 0.1) is 0 Å². The summed E-state index contributed by atoms with van der Waals surface area (Å²) in [5.41, 5.74) is 0. The summed E-state index contributed by atoms with van der Waals surface area (Å²) in [6.07, 6.45) is 44.9. The van der Waals surface area contributed by atoms with E-state index >= 15 is 0 Å². The fourth-order valence-corrected chi connectivity index (χ4v) is 10.2. The number of allylic oxidation sites excluding steroid dienone is 6.